The summed E-state index contributed by atoms with van der Waals surface area (Å²) in [5.41, 5.74) is 4.89. The lowest BCUT2D eigenvalue weighted by Crippen LogP contribution is -2.30. The molecule has 0 aliphatic rings. The fourth-order valence-electron chi connectivity index (χ4n) is 1.56. The second-order valence-corrected chi connectivity index (χ2v) is 3.65. The van der Waals surface area contributed by atoms with E-state index in [-0.39, 0.29) is 11.5 Å². The van der Waals surface area contributed by atoms with Gasteiger partial charge in [-0.3, -0.25) is 9.78 Å². The molecule has 0 saturated carbocycles. The lowest BCUT2D eigenvalue weighted by Gasteiger charge is -2.09. The molecular formula is C15H22FN3O2. The van der Waals surface area contributed by atoms with E-state index in [1.54, 1.807) is 13.0 Å². The van der Waals surface area contributed by atoms with E-state index >= 15 is 0 Å². The van der Waals surface area contributed by atoms with Crippen LogP contribution in [0, 0.1) is 12.7 Å². The van der Waals surface area contributed by atoms with Crippen molar-refractivity contribution in [3.05, 3.63) is 56.5 Å². The van der Waals surface area contributed by atoms with Gasteiger partial charge in [0.2, 0.25) is 0 Å². The second kappa shape index (κ2) is 8.73. The molecule has 0 amide bonds. The van der Waals surface area contributed by atoms with E-state index < -0.39 is 17.1 Å². The zero-order valence-electron chi connectivity index (χ0n) is 13.0. The number of hydrogen-bond acceptors (Lipinski definition) is 3. The fourth-order valence-corrected chi connectivity index (χ4v) is 1.56. The van der Waals surface area contributed by atoms with Gasteiger partial charge in [0.1, 0.15) is 11.6 Å². The van der Waals surface area contributed by atoms with Crippen LogP contribution in [0.15, 0.2) is 33.9 Å². The van der Waals surface area contributed by atoms with Crippen LogP contribution in [0.5, 0.6) is 0 Å². The van der Waals surface area contributed by atoms with E-state index in [4.69, 9.17) is 5.73 Å². The number of nitrogen functional groups attached to an aromatic ring is 1. The first-order valence-electron chi connectivity index (χ1n) is 6.87. The SMILES string of the molecule is CC.CC.Cc1ccc(-n2c(N)cc(=O)[nH]c2=O)c(F)c1. The highest BCUT2D eigenvalue weighted by Gasteiger charge is 2.10. The molecule has 0 atom stereocenters. The third-order valence-electron chi connectivity index (χ3n) is 2.31. The lowest BCUT2D eigenvalue weighted by atomic mass is 10.2. The van der Waals surface area contributed by atoms with Gasteiger partial charge in [0.15, 0.2) is 0 Å². The van der Waals surface area contributed by atoms with Crippen molar-refractivity contribution in [3.8, 4) is 5.69 Å². The maximum absolute atomic E-state index is 13.7. The van der Waals surface area contributed by atoms with Crippen LogP contribution in [0.3, 0.4) is 0 Å². The van der Waals surface area contributed by atoms with Crippen LogP contribution in [-0.2, 0) is 0 Å². The largest absolute Gasteiger partial charge is 0.385 e. The first-order chi connectivity index (χ1) is 9.99. The molecule has 0 bridgehead atoms. The van der Waals surface area contributed by atoms with Gasteiger partial charge in [-0.05, 0) is 24.6 Å². The number of nitrogens with zero attached hydrogens (tertiary/aromatic N) is 1. The zero-order chi connectivity index (χ0) is 16.6. The number of aromatic nitrogens is 2. The molecule has 0 aliphatic heterocycles. The first-order valence-corrected chi connectivity index (χ1v) is 6.87. The van der Waals surface area contributed by atoms with Crippen LogP contribution >= 0.6 is 0 Å². The summed E-state index contributed by atoms with van der Waals surface area (Å²) >= 11 is 0. The molecule has 0 unspecified atom stereocenters. The number of nitrogens with one attached hydrogen (secondary N) is 1. The molecule has 2 rings (SSSR count). The highest BCUT2D eigenvalue weighted by atomic mass is 19.1. The highest BCUT2D eigenvalue weighted by molar-refractivity contribution is 5.43. The third-order valence-corrected chi connectivity index (χ3v) is 2.31. The van der Waals surface area contributed by atoms with E-state index in [1.807, 2.05) is 32.7 Å². The maximum atomic E-state index is 13.7. The predicted octanol–water partition coefficient (Wildman–Crippen LogP) is 2.61. The quantitative estimate of drug-likeness (QED) is 0.848. The van der Waals surface area contributed by atoms with Gasteiger partial charge in [0.25, 0.3) is 5.56 Å². The molecule has 0 saturated heterocycles. The smallest absolute Gasteiger partial charge is 0.334 e. The molecule has 116 valence electrons. The van der Waals surface area contributed by atoms with Crippen molar-refractivity contribution in [2.45, 2.75) is 34.6 Å². The minimum atomic E-state index is -0.766. The Hall–Kier alpha value is -2.37. The third kappa shape index (κ3) is 4.59. The number of H-pyrrole nitrogens is 1. The van der Waals surface area contributed by atoms with E-state index in [0.29, 0.717) is 0 Å². The molecule has 5 nitrogen and oxygen atoms in total. The molecule has 3 N–H and O–H groups in total. The number of halogens is 1. The van der Waals surface area contributed by atoms with Crippen LogP contribution in [-0.4, -0.2) is 9.55 Å². The van der Waals surface area contributed by atoms with Gasteiger partial charge in [-0.15, -0.1) is 0 Å². The average Bonchev–Trinajstić information content (AvgIpc) is 2.44. The fraction of sp³-hybridized carbons (Fsp3) is 0.333. The van der Waals surface area contributed by atoms with Gasteiger partial charge >= 0.3 is 5.69 Å². The molecule has 0 spiro atoms. The van der Waals surface area contributed by atoms with Crippen molar-refractivity contribution in [2.75, 3.05) is 5.73 Å². The molecule has 1 aromatic carbocycles. The van der Waals surface area contributed by atoms with Crippen molar-refractivity contribution in [2.24, 2.45) is 0 Å². The van der Waals surface area contributed by atoms with Gasteiger partial charge in [0, 0.05) is 6.07 Å². The second-order valence-electron chi connectivity index (χ2n) is 3.65. The Morgan fingerprint density at radius 3 is 2.14 bits per heavy atom. The van der Waals surface area contributed by atoms with Crippen LogP contribution in [0.1, 0.15) is 33.3 Å². The number of aryl methyl sites for hydroxylation is 1. The van der Waals surface area contributed by atoms with E-state index in [2.05, 4.69) is 0 Å². The van der Waals surface area contributed by atoms with Crippen molar-refractivity contribution in [3.63, 3.8) is 0 Å². The number of anilines is 1. The molecule has 2 aromatic rings. The van der Waals surface area contributed by atoms with Gasteiger partial charge < -0.3 is 5.73 Å². The van der Waals surface area contributed by atoms with Crippen molar-refractivity contribution >= 4 is 5.82 Å². The number of hydrogen-bond donors (Lipinski definition) is 2. The Balaban J connectivity index is 0.000000921. The minimum absolute atomic E-state index is 0.00866. The summed E-state index contributed by atoms with van der Waals surface area (Å²) in [4.78, 5) is 24.6. The summed E-state index contributed by atoms with van der Waals surface area (Å²) in [5.74, 6) is -0.688. The Bertz CT molecular complexity index is 690. The lowest BCUT2D eigenvalue weighted by molar-refractivity contribution is 0.614. The van der Waals surface area contributed by atoms with Crippen molar-refractivity contribution < 1.29 is 4.39 Å². The molecule has 6 heteroatoms. The monoisotopic (exact) mass is 295 g/mol. The Labute approximate surface area is 123 Å². The molecular weight excluding hydrogens is 273 g/mol. The standard InChI is InChI=1S/C11H10FN3O2.2C2H6/c1-6-2-3-8(7(12)4-6)15-9(13)5-10(16)14-11(15)17;2*1-2/h2-5H,13H2,1H3,(H,14,16,17);2*1-2H3. The summed E-state index contributed by atoms with van der Waals surface area (Å²) in [6.07, 6.45) is 0. The molecule has 21 heavy (non-hydrogen) atoms. The molecule has 0 fully saturated rings. The number of aromatic amines is 1. The number of rotatable bonds is 1. The normalized spacial score (nSPS) is 9.05. The van der Waals surface area contributed by atoms with E-state index in [1.165, 1.54) is 12.1 Å². The first kappa shape index (κ1) is 18.6. The van der Waals surface area contributed by atoms with Gasteiger partial charge in [0.05, 0.1) is 5.69 Å². The van der Waals surface area contributed by atoms with Gasteiger partial charge in [-0.1, -0.05) is 33.8 Å². The Morgan fingerprint density at radius 1 is 1.10 bits per heavy atom. The molecule has 1 aromatic heterocycles. The van der Waals surface area contributed by atoms with Gasteiger partial charge in [-0.2, -0.15) is 0 Å². The highest BCUT2D eigenvalue weighted by Crippen LogP contribution is 2.15. The maximum Gasteiger partial charge on any atom is 0.334 e. The Kier molecular flexibility index (Phi) is 7.75. The predicted molar refractivity (Wildman–Crippen MR) is 84.5 cm³/mol. The van der Waals surface area contributed by atoms with E-state index in [0.717, 1.165) is 16.2 Å². The van der Waals surface area contributed by atoms with Crippen LogP contribution < -0.4 is 17.0 Å². The summed E-state index contributed by atoms with van der Waals surface area (Å²) in [5, 5.41) is 0. The Morgan fingerprint density at radius 2 is 1.67 bits per heavy atom. The summed E-state index contributed by atoms with van der Waals surface area (Å²) in [6.45, 7) is 9.73. The number of nitrogens with two attached hydrogens (primary N) is 1. The van der Waals surface area contributed by atoms with Crippen LogP contribution in [0.4, 0.5) is 10.2 Å². The number of benzene rings is 1. The zero-order valence-corrected chi connectivity index (χ0v) is 13.0. The average molecular weight is 295 g/mol. The van der Waals surface area contributed by atoms with E-state index in [9.17, 15) is 14.0 Å². The summed E-state index contributed by atoms with van der Waals surface area (Å²) in [7, 11) is 0. The van der Waals surface area contributed by atoms with Gasteiger partial charge in [-0.25, -0.2) is 13.8 Å². The van der Waals surface area contributed by atoms with Crippen molar-refractivity contribution in [1.29, 1.82) is 0 Å². The minimum Gasteiger partial charge on any atom is -0.385 e. The molecule has 1 heterocycles. The molecule has 0 aliphatic carbocycles. The molecule has 0 radical (unpaired) electrons. The van der Waals surface area contributed by atoms with Crippen molar-refractivity contribution in [1.82, 2.24) is 9.55 Å². The summed E-state index contributed by atoms with van der Waals surface area (Å²) < 4.78 is 14.6. The van der Waals surface area contributed by atoms with Crippen LogP contribution in [0.2, 0.25) is 0 Å². The van der Waals surface area contributed by atoms with Crippen LogP contribution in [0.25, 0.3) is 5.69 Å². The topological polar surface area (TPSA) is 80.9 Å². The summed E-state index contributed by atoms with van der Waals surface area (Å²) in [6, 6.07) is 5.39.